The standard InChI is InChI=1S/C13H18F3NO/c1-12(18,11-6-3-2-4-7-11)10-17-9-5-8-13(14,15)16/h2-4,6-7,17-18H,5,8-10H2,1H3. The first-order valence-electron chi connectivity index (χ1n) is 5.87. The van der Waals surface area contributed by atoms with E-state index in [2.05, 4.69) is 5.32 Å². The van der Waals surface area contributed by atoms with Crippen LogP contribution in [0.5, 0.6) is 0 Å². The zero-order valence-electron chi connectivity index (χ0n) is 10.3. The second-order valence-corrected chi connectivity index (χ2v) is 4.54. The van der Waals surface area contributed by atoms with Crippen LogP contribution in [0.2, 0.25) is 0 Å². The Morgan fingerprint density at radius 1 is 1.17 bits per heavy atom. The zero-order chi connectivity index (χ0) is 13.6. The molecule has 0 saturated carbocycles. The van der Waals surface area contributed by atoms with Gasteiger partial charge in [-0.3, -0.25) is 0 Å². The summed E-state index contributed by atoms with van der Waals surface area (Å²) in [6, 6.07) is 9.05. The first kappa shape index (κ1) is 15.0. The summed E-state index contributed by atoms with van der Waals surface area (Å²) >= 11 is 0. The number of nitrogens with one attached hydrogen (secondary N) is 1. The first-order valence-corrected chi connectivity index (χ1v) is 5.87. The van der Waals surface area contributed by atoms with Crippen LogP contribution < -0.4 is 5.32 Å². The predicted octanol–water partition coefficient (Wildman–Crippen LogP) is 2.83. The van der Waals surface area contributed by atoms with Gasteiger partial charge in [-0.05, 0) is 25.5 Å². The second-order valence-electron chi connectivity index (χ2n) is 4.54. The Balaban J connectivity index is 2.30. The van der Waals surface area contributed by atoms with Crippen LogP contribution in [-0.4, -0.2) is 24.4 Å². The van der Waals surface area contributed by atoms with Crippen LogP contribution in [-0.2, 0) is 5.60 Å². The average molecular weight is 261 g/mol. The smallest absolute Gasteiger partial charge is 0.384 e. The molecule has 5 heteroatoms. The van der Waals surface area contributed by atoms with E-state index in [1.807, 2.05) is 18.2 Å². The van der Waals surface area contributed by atoms with E-state index >= 15 is 0 Å². The molecule has 0 amide bonds. The lowest BCUT2D eigenvalue weighted by Gasteiger charge is -2.24. The average Bonchev–Trinajstić information content (AvgIpc) is 2.28. The second kappa shape index (κ2) is 6.20. The van der Waals surface area contributed by atoms with E-state index in [0.717, 1.165) is 5.56 Å². The summed E-state index contributed by atoms with van der Waals surface area (Å²) in [4.78, 5) is 0. The van der Waals surface area contributed by atoms with Crippen molar-refractivity contribution >= 4 is 0 Å². The largest absolute Gasteiger partial charge is 0.389 e. The van der Waals surface area contributed by atoms with Crippen LogP contribution in [0, 0.1) is 0 Å². The van der Waals surface area contributed by atoms with E-state index in [9.17, 15) is 18.3 Å². The van der Waals surface area contributed by atoms with Gasteiger partial charge in [0.15, 0.2) is 0 Å². The summed E-state index contributed by atoms with van der Waals surface area (Å²) in [5.74, 6) is 0. The van der Waals surface area contributed by atoms with E-state index in [1.165, 1.54) is 0 Å². The molecule has 0 aliphatic rings. The highest BCUT2D eigenvalue weighted by Gasteiger charge is 2.26. The van der Waals surface area contributed by atoms with Crippen LogP contribution in [0.4, 0.5) is 13.2 Å². The van der Waals surface area contributed by atoms with Crippen molar-refractivity contribution in [3.63, 3.8) is 0 Å². The van der Waals surface area contributed by atoms with Gasteiger partial charge in [0.25, 0.3) is 0 Å². The minimum atomic E-state index is -4.11. The molecule has 18 heavy (non-hydrogen) atoms. The Hall–Kier alpha value is -1.07. The van der Waals surface area contributed by atoms with Crippen LogP contribution >= 0.6 is 0 Å². The molecule has 1 aromatic carbocycles. The monoisotopic (exact) mass is 261 g/mol. The topological polar surface area (TPSA) is 32.3 Å². The van der Waals surface area contributed by atoms with Crippen molar-refractivity contribution < 1.29 is 18.3 Å². The van der Waals surface area contributed by atoms with Crippen molar-refractivity contribution in [2.75, 3.05) is 13.1 Å². The Labute approximate surface area is 105 Å². The molecule has 0 aliphatic carbocycles. The zero-order valence-corrected chi connectivity index (χ0v) is 10.3. The molecule has 1 unspecified atom stereocenters. The molecule has 0 heterocycles. The van der Waals surface area contributed by atoms with Gasteiger partial charge in [-0.25, -0.2) is 0 Å². The van der Waals surface area contributed by atoms with Crippen molar-refractivity contribution in [3.8, 4) is 0 Å². The summed E-state index contributed by atoms with van der Waals surface area (Å²) in [5.41, 5.74) is -0.326. The molecule has 0 aromatic heterocycles. The van der Waals surface area contributed by atoms with Gasteiger partial charge >= 0.3 is 6.18 Å². The number of aliphatic hydroxyl groups is 1. The summed E-state index contributed by atoms with van der Waals surface area (Å²) in [5, 5.41) is 13.0. The Bertz CT molecular complexity index is 349. The van der Waals surface area contributed by atoms with Crippen LogP contribution in [0.15, 0.2) is 30.3 Å². The van der Waals surface area contributed by atoms with Crippen LogP contribution in [0.25, 0.3) is 0 Å². The fourth-order valence-electron chi connectivity index (χ4n) is 1.64. The van der Waals surface area contributed by atoms with Crippen molar-refractivity contribution in [2.45, 2.75) is 31.5 Å². The molecule has 0 bridgehead atoms. The maximum Gasteiger partial charge on any atom is 0.389 e. The summed E-state index contributed by atoms with van der Waals surface area (Å²) in [6.45, 7) is 2.11. The van der Waals surface area contributed by atoms with E-state index in [4.69, 9.17) is 0 Å². The fourth-order valence-corrected chi connectivity index (χ4v) is 1.64. The van der Waals surface area contributed by atoms with Gasteiger partial charge in [0.1, 0.15) is 0 Å². The number of rotatable bonds is 6. The number of hydrogen-bond acceptors (Lipinski definition) is 2. The first-order chi connectivity index (χ1) is 8.31. The van der Waals surface area contributed by atoms with Gasteiger partial charge in [-0.2, -0.15) is 13.2 Å². The van der Waals surface area contributed by atoms with Crippen molar-refractivity contribution in [3.05, 3.63) is 35.9 Å². The van der Waals surface area contributed by atoms with E-state index < -0.39 is 18.2 Å². The molecule has 102 valence electrons. The van der Waals surface area contributed by atoms with Crippen molar-refractivity contribution in [2.24, 2.45) is 0 Å². The maximum absolute atomic E-state index is 11.9. The molecule has 2 N–H and O–H groups in total. The molecule has 0 aliphatic heterocycles. The lowest BCUT2D eigenvalue weighted by atomic mass is 9.96. The predicted molar refractivity (Wildman–Crippen MR) is 64.2 cm³/mol. The Morgan fingerprint density at radius 3 is 2.33 bits per heavy atom. The number of hydrogen-bond donors (Lipinski definition) is 2. The number of halogens is 3. The quantitative estimate of drug-likeness (QED) is 0.772. The van der Waals surface area contributed by atoms with Gasteiger partial charge in [0.2, 0.25) is 0 Å². The number of benzene rings is 1. The Morgan fingerprint density at radius 2 is 1.78 bits per heavy atom. The molecular formula is C13H18F3NO. The van der Waals surface area contributed by atoms with Gasteiger partial charge < -0.3 is 10.4 Å². The van der Waals surface area contributed by atoms with Crippen LogP contribution in [0.3, 0.4) is 0 Å². The van der Waals surface area contributed by atoms with E-state index in [1.54, 1.807) is 19.1 Å². The highest BCUT2D eigenvalue weighted by atomic mass is 19.4. The molecule has 1 rings (SSSR count). The third-order valence-corrected chi connectivity index (χ3v) is 2.68. The van der Waals surface area contributed by atoms with Crippen LogP contribution in [0.1, 0.15) is 25.3 Å². The summed E-state index contributed by atoms with van der Waals surface area (Å²) in [7, 11) is 0. The molecular weight excluding hydrogens is 243 g/mol. The van der Waals surface area contributed by atoms with Gasteiger partial charge in [0.05, 0.1) is 5.60 Å². The lowest BCUT2D eigenvalue weighted by Crippen LogP contribution is -2.36. The highest BCUT2D eigenvalue weighted by molar-refractivity contribution is 5.21. The van der Waals surface area contributed by atoms with Crippen molar-refractivity contribution in [1.29, 1.82) is 0 Å². The Kier molecular flexibility index (Phi) is 5.16. The molecule has 0 radical (unpaired) electrons. The van der Waals surface area contributed by atoms with Gasteiger partial charge in [-0.1, -0.05) is 30.3 Å². The minimum Gasteiger partial charge on any atom is -0.384 e. The molecule has 2 nitrogen and oxygen atoms in total. The normalized spacial score (nSPS) is 15.4. The van der Waals surface area contributed by atoms with Gasteiger partial charge in [0, 0.05) is 13.0 Å². The third kappa shape index (κ3) is 5.51. The molecule has 1 aromatic rings. The number of alkyl halides is 3. The van der Waals surface area contributed by atoms with E-state index in [0.29, 0.717) is 0 Å². The van der Waals surface area contributed by atoms with E-state index in [-0.39, 0.29) is 19.5 Å². The molecule has 0 fully saturated rings. The van der Waals surface area contributed by atoms with Gasteiger partial charge in [-0.15, -0.1) is 0 Å². The molecule has 1 atom stereocenters. The summed E-state index contributed by atoms with van der Waals surface area (Å²) < 4.78 is 35.7. The molecule has 0 spiro atoms. The third-order valence-electron chi connectivity index (χ3n) is 2.68. The minimum absolute atomic E-state index is 0.0222. The lowest BCUT2D eigenvalue weighted by molar-refractivity contribution is -0.135. The SMILES string of the molecule is CC(O)(CNCCCC(F)(F)F)c1ccccc1. The highest BCUT2D eigenvalue weighted by Crippen LogP contribution is 2.21. The maximum atomic E-state index is 11.9. The summed E-state index contributed by atoms with van der Waals surface area (Å²) in [6.07, 6.45) is -4.88. The fraction of sp³-hybridized carbons (Fsp3) is 0.538. The molecule has 0 saturated heterocycles. The van der Waals surface area contributed by atoms with Crippen molar-refractivity contribution in [1.82, 2.24) is 5.32 Å².